The number of carbonyl (C=O) groups is 1. The van der Waals surface area contributed by atoms with E-state index in [-0.39, 0.29) is 18.3 Å². The van der Waals surface area contributed by atoms with Gasteiger partial charge in [0.15, 0.2) is 11.5 Å². The van der Waals surface area contributed by atoms with E-state index in [2.05, 4.69) is 5.16 Å². The van der Waals surface area contributed by atoms with Crippen LogP contribution in [0.15, 0.2) is 47.6 Å². The zero-order valence-corrected chi connectivity index (χ0v) is 14.5. The Labute approximate surface area is 146 Å². The third-order valence-electron chi connectivity index (χ3n) is 3.48. The molecule has 6 nitrogen and oxygen atoms in total. The number of para-hydroxylation sites is 1. The summed E-state index contributed by atoms with van der Waals surface area (Å²) in [7, 11) is 1.48. The summed E-state index contributed by atoms with van der Waals surface area (Å²) < 4.78 is 10.0. The molecule has 0 aromatic heterocycles. The third-order valence-corrected chi connectivity index (χ3v) is 3.48. The number of phenolic OH excluding ortho intramolecular Hbond substituents is 1. The number of hydrogen-bond acceptors (Lipinski definition) is 6. The first kappa shape index (κ1) is 18.3. The van der Waals surface area contributed by atoms with E-state index in [0.29, 0.717) is 29.2 Å². The monoisotopic (exact) mass is 343 g/mol. The van der Waals surface area contributed by atoms with Crippen molar-refractivity contribution in [3.8, 4) is 11.5 Å². The Balaban J connectivity index is 2.06. The molecule has 0 bridgehead atoms. The first-order valence-electron chi connectivity index (χ1n) is 7.85. The number of nitrogens with zero attached hydrogens (tertiary/aromatic N) is 1. The van der Waals surface area contributed by atoms with E-state index in [1.54, 1.807) is 50.2 Å². The average molecular weight is 343 g/mol. The summed E-state index contributed by atoms with van der Waals surface area (Å²) in [6.07, 6.45) is 0. The zero-order valence-electron chi connectivity index (χ0n) is 14.5. The van der Waals surface area contributed by atoms with Crippen molar-refractivity contribution in [1.82, 2.24) is 0 Å². The molecule has 2 aromatic carbocycles. The molecule has 132 valence electrons. The first-order valence-corrected chi connectivity index (χ1v) is 7.85. The number of hydrogen-bond donors (Lipinski definition) is 1. The molecule has 2 aromatic rings. The van der Waals surface area contributed by atoms with Gasteiger partial charge in [-0.15, -0.1) is 0 Å². The number of esters is 1. The maximum absolute atomic E-state index is 11.7. The van der Waals surface area contributed by atoms with Crippen molar-refractivity contribution in [2.45, 2.75) is 20.5 Å². The minimum Gasteiger partial charge on any atom is -0.504 e. The van der Waals surface area contributed by atoms with Crippen LogP contribution in [0.2, 0.25) is 0 Å². The molecule has 25 heavy (non-hydrogen) atoms. The van der Waals surface area contributed by atoms with Gasteiger partial charge in [0, 0.05) is 5.56 Å². The number of carbonyl (C=O) groups excluding carboxylic acids is 1. The molecule has 0 heterocycles. The van der Waals surface area contributed by atoms with Crippen molar-refractivity contribution >= 4 is 11.7 Å². The van der Waals surface area contributed by atoms with Crippen LogP contribution >= 0.6 is 0 Å². The summed E-state index contributed by atoms with van der Waals surface area (Å²) in [6, 6.07) is 12.1. The standard InChI is InChI=1S/C19H21NO5/c1-4-24-19(22)15-8-5-7-14(11-15)12-25-20-13(2)16-9-6-10-17(23-3)18(16)21/h5-11,21H,4,12H2,1-3H3/b20-13+. The molecule has 0 fully saturated rings. The van der Waals surface area contributed by atoms with Crippen LogP contribution in [0.1, 0.15) is 35.3 Å². The highest BCUT2D eigenvalue weighted by atomic mass is 16.6. The van der Waals surface area contributed by atoms with Crippen molar-refractivity contribution in [2.75, 3.05) is 13.7 Å². The van der Waals surface area contributed by atoms with Crippen LogP contribution in [-0.2, 0) is 16.2 Å². The Morgan fingerprint density at radius 1 is 1.20 bits per heavy atom. The van der Waals surface area contributed by atoms with Crippen LogP contribution in [0.4, 0.5) is 0 Å². The maximum Gasteiger partial charge on any atom is 0.338 e. The predicted octanol–water partition coefficient (Wildman–Crippen LogP) is 3.52. The lowest BCUT2D eigenvalue weighted by atomic mass is 10.1. The van der Waals surface area contributed by atoms with E-state index >= 15 is 0 Å². The summed E-state index contributed by atoms with van der Waals surface area (Å²) in [6.45, 7) is 4.00. The maximum atomic E-state index is 11.7. The zero-order chi connectivity index (χ0) is 18.2. The van der Waals surface area contributed by atoms with Crippen molar-refractivity contribution in [3.63, 3.8) is 0 Å². The van der Waals surface area contributed by atoms with Crippen molar-refractivity contribution in [2.24, 2.45) is 5.16 Å². The van der Waals surface area contributed by atoms with E-state index in [0.717, 1.165) is 5.56 Å². The Kier molecular flexibility index (Phi) is 6.39. The summed E-state index contributed by atoms with van der Waals surface area (Å²) in [5.74, 6) is 0.0127. The molecule has 0 aliphatic carbocycles. The Morgan fingerprint density at radius 2 is 1.96 bits per heavy atom. The van der Waals surface area contributed by atoms with Gasteiger partial charge in [-0.2, -0.15) is 0 Å². The fourth-order valence-corrected chi connectivity index (χ4v) is 2.23. The van der Waals surface area contributed by atoms with Crippen molar-refractivity contribution in [3.05, 3.63) is 59.2 Å². The molecule has 1 N–H and O–H groups in total. The van der Waals surface area contributed by atoms with Gasteiger partial charge < -0.3 is 19.4 Å². The largest absolute Gasteiger partial charge is 0.504 e. The van der Waals surface area contributed by atoms with Crippen LogP contribution in [0, 0.1) is 0 Å². The molecule has 0 spiro atoms. The fourth-order valence-electron chi connectivity index (χ4n) is 2.23. The lowest BCUT2D eigenvalue weighted by Crippen LogP contribution is -2.05. The van der Waals surface area contributed by atoms with Gasteiger partial charge in [0.2, 0.25) is 0 Å². The Hall–Kier alpha value is -3.02. The molecule has 6 heteroatoms. The van der Waals surface area contributed by atoms with Gasteiger partial charge in [0.25, 0.3) is 0 Å². The van der Waals surface area contributed by atoms with Gasteiger partial charge >= 0.3 is 5.97 Å². The number of phenols is 1. The number of aromatic hydroxyl groups is 1. The third kappa shape index (κ3) is 4.73. The molecule has 0 radical (unpaired) electrons. The van der Waals surface area contributed by atoms with Crippen LogP contribution in [-0.4, -0.2) is 30.5 Å². The Morgan fingerprint density at radius 3 is 2.68 bits per heavy atom. The molecular weight excluding hydrogens is 322 g/mol. The minimum absolute atomic E-state index is 0.0131. The molecule has 0 aliphatic rings. The molecule has 0 amide bonds. The molecule has 0 atom stereocenters. The number of benzene rings is 2. The van der Waals surface area contributed by atoms with Crippen LogP contribution < -0.4 is 4.74 Å². The van der Waals surface area contributed by atoms with E-state index in [4.69, 9.17) is 14.3 Å². The smallest absolute Gasteiger partial charge is 0.338 e. The highest BCUT2D eigenvalue weighted by Gasteiger charge is 2.10. The summed E-state index contributed by atoms with van der Waals surface area (Å²) >= 11 is 0. The number of ether oxygens (including phenoxy) is 2. The summed E-state index contributed by atoms with van der Waals surface area (Å²) in [4.78, 5) is 17.1. The molecule has 2 rings (SSSR count). The molecule has 0 saturated heterocycles. The molecule has 0 unspecified atom stereocenters. The second kappa shape index (κ2) is 8.73. The second-order valence-electron chi connectivity index (χ2n) is 5.23. The first-order chi connectivity index (χ1) is 12.1. The second-order valence-corrected chi connectivity index (χ2v) is 5.23. The van der Waals surface area contributed by atoms with Crippen molar-refractivity contribution in [1.29, 1.82) is 0 Å². The highest BCUT2D eigenvalue weighted by molar-refractivity contribution is 6.01. The van der Waals surface area contributed by atoms with Gasteiger partial charge in [-0.05, 0) is 43.7 Å². The molecular formula is C19H21NO5. The number of methoxy groups -OCH3 is 1. The number of oxime groups is 1. The van der Waals surface area contributed by atoms with Crippen LogP contribution in [0.5, 0.6) is 11.5 Å². The molecule has 0 aliphatic heterocycles. The SMILES string of the molecule is CCOC(=O)c1cccc(CO/N=C(\C)c2cccc(OC)c2O)c1. The van der Waals surface area contributed by atoms with E-state index in [1.807, 2.05) is 6.07 Å². The van der Waals surface area contributed by atoms with Gasteiger partial charge in [0.1, 0.15) is 6.61 Å². The predicted molar refractivity (Wildman–Crippen MR) is 94.1 cm³/mol. The van der Waals surface area contributed by atoms with Crippen molar-refractivity contribution < 1.29 is 24.2 Å². The topological polar surface area (TPSA) is 77.4 Å². The lowest BCUT2D eigenvalue weighted by Gasteiger charge is -2.08. The number of rotatable bonds is 7. The van der Waals surface area contributed by atoms with Gasteiger partial charge in [-0.3, -0.25) is 0 Å². The fraction of sp³-hybridized carbons (Fsp3) is 0.263. The summed E-state index contributed by atoms with van der Waals surface area (Å²) in [5, 5.41) is 14.1. The van der Waals surface area contributed by atoms with E-state index < -0.39 is 0 Å². The van der Waals surface area contributed by atoms with Crippen LogP contribution in [0.25, 0.3) is 0 Å². The van der Waals surface area contributed by atoms with Gasteiger partial charge in [0.05, 0.1) is 25.0 Å². The van der Waals surface area contributed by atoms with E-state index in [1.165, 1.54) is 7.11 Å². The Bertz CT molecular complexity index is 770. The quantitative estimate of drug-likeness (QED) is 0.473. The van der Waals surface area contributed by atoms with E-state index in [9.17, 15) is 9.90 Å². The van der Waals surface area contributed by atoms with Crippen LogP contribution in [0.3, 0.4) is 0 Å². The minimum atomic E-state index is -0.370. The highest BCUT2D eigenvalue weighted by Crippen LogP contribution is 2.29. The van der Waals surface area contributed by atoms with Gasteiger partial charge in [-0.1, -0.05) is 23.4 Å². The average Bonchev–Trinajstić information content (AvgIpc) is 2.62. The lowest BCUT2D eigenvalue weighted by molar-refractivity contribution is 0.0526. The van der Waals surface area contributed by atoms with Gasteiger partial charge in [-0.25, -0.2) is 4.79 Å². The molecule has 0 saturated carbocycles. The summed E-state index contributed by atoms with van der Waals surface area (Å²) in [5.41, 5.74) is 2.30. The normalized spacial score (nSPS) is 11.1.